The van der Waals surface area contributed by atoms with Gasteiger partial charge in [-0.15, -0.1) is 0 Å². The number of nitrogens with zero attached hydrogens (tertiary/aromatic N) is 1. The summed E-state index contributed by atoms with van der Waals surface area (Å²) in [6, 6.07) is 10.00. The van der Waals surface area contributed by atoms with Gasteiger partial charge in [-0.1, -0.05) is 42.1 Å². The van der Waals surface area contributed by atoms with E-state index in [0.717, 1.165) is 5.17 Å². The normalized spacial score (nSPS) is 19.3. The van der Waals surface area contributed by atoms with Crippen molar-refractivity contribution in [3.63, 3.8) is 0 Å². The smallest absolute Gasteiger partial charge is 0.365 e. The second kappa shape index (κ2) is 6.32. The number of hydrogen-bond acceptors (Lipinski definition) is 3. The first-order valence-electron chi connectivity index (χ1n) is 6.11. The van der Waals surface area contributed by atoms with Crippen LogP contribution in [0.1, 0.15) is 23.7 Å². The molecule has 2 nitrogen and oxygen atoms in total. The fourth-order valence-corrected chi connectivity index (χ4v) is 2.84. The Balaban J connectivity index is 1.71. The van der Waals surface area contributed by atoms with Gasteiger partial charge < -0.3 is 5.32 Å². The van der Waals surface area contributed by atoms with E-state index in [0.29, 0.717) is 13.1 Å². The quantitative estimate of drug-likeness (QED) is 0.853. The summed E-state index contributed by atoms with van der Waals surface area (Å²) in [5.41, 5.74) is 1.20. The lowest BCUT2D eigenvalue weighted by Crippen LogP contribution is -2.22. The molecule has 1 unspecified atom stereocenters. The van der Waals surface area contributed by atoms with E-state index in [1.54, 1.807) is 11.8 Å². The van der Waals surface area contributed by atoms with E-state index in [1.165, 1.54) is 5.56 Å². The Kier molecular flexibility index (Phi) is 4.74. The van der Waals surface area contributed by atoms with Gasteiger partial charge in [0.2, 0.25) is 0 Å². The van der Waals surface area contributed by atoms with Crippen LogP contribution in [0.5, 0.6) is 0 Å². The highest BCUT2D eigenvalue weighted by atomic mass is 32.2. The second-order valence-corrected chi connectivity index (χ2v) is 5.50. The lowest BCUT2D eigenvalue weighted by Gasteiger charge is -2.10. The van der Waals surface area contributed by atoms with Crippen molar-refractivity contribution in [1.82, 2.24) is 5.32 Å². The van der Waals surface area contributed by atoms with Crippen LogP contribution in [0.3, 0.4) is 0 Å². The first kappa shape index (κ1) is 14.2. The minimum absolute atomic E-state index is 0.0824. The average Bonchev–Trinajstić information content (AvgIpc) is 2.83. The number of rotatable bonds is 4. The Morgan fingerprint density at radius 1 is 1.26 bits per heavy atom. The number of halogens is 3. The Morgan fingerprint density at radius 3 is 2.68 bits per heavy atom. The van der Waals surface area contributed by atoms with Crippen LogP contribution < -0.4 is 5.32 Å². The van der Waals surface area contributed by atoms with Crippen LogP contribution in [0.15, 0.2) is 35.3 Å². The maximum absolute atomic E-state index is 12.0. The Bertz CT molecular complexity index is 431. The fraction of sp³-hybridized carbons (Fsp3) is 0.462. The molecule has 0 fully saturated rings. The molecule has 0 bridgehead atoms. The van der Waals surface area contributed by atoms with Crippen molar-refractivity contribution in [3.05, 3.63) is 35.9 Å². The highest BCUT2D eigenvalue weighted by molar-refractivity contribution is 8.14. The lowest BCUT2D eigenvalue weighted by atomic mass is 10.1. The molecule has 1 aliphatic heterocycles. The summed E-state index contributed by atoms with van der Waals surface area (Å²) in [6.45, 7) is 0.989. The van der Waals surface area contributed by atoms with Gasteiger partial charge in [0.25, 0.3) is 0 Å². The first-order chi connectivity index (χ1) is 9.04. The predicted octanol–water partition coefficient (Wildman–Crippen LogP) is 3.76. The summed E-state index contributed by atoms with van der Waals surface area (Å²) in [7, 11) is 0. The van der Waals surface area contributed by atoms with Crippen LogP contribution >= 0.6 is 11.8 Å². The third-order valence-electron chi connectivity index (χ3n) is 2.74. The molecule has 1 heterocycles. The minimum Gasteiger partial charge on any atom is -0.365 e. The highest BCUT2D eigenvalue weighted by Gasteiger charge is 2.26. The predicted molar refractivity (Wildman–Crippen MR) is 72.4 cm³/mol. The molecule has 1 aliphatic rings. The van der Waals surface area contributed by atoms with Crippen molar-refractivity contribution < 1.29 is 13.2 Å². The van der Waals surface area contributed by atoms with Gasteiger partial charge in [-0.2, -0.15) is 13.2 Å². The fourth-order valence-electron chi connectivity index (χ4n) is 1.80. The monoisotopic (exact) mass is 288 g/mol. The molecule has 6 heteroatoms. The zero-order valence-corrected chi connectivity index (χ0v) is 11.1. The van der Waals surface area contributed by atoms with Gasteiger partial charge in [0.1, 0.15) is 0 Å². The summed E-state index contributed by atoms with van der Waals surface area (Å²) in [4.78, 5) is 4.31. The van der Waals surface area contributed by atoms with Gasteiger partial charge in [0, 0.05) is 13.0 Å². The summed E-state index contributed by atoms with van der Waals surface area (Å²) < 4.78 is 35.9. The molecule has 0 aliphatic carbocycles. The van der Waals surface area contributed by atoms with Crippen molar-refractivity contribution >= 4 is 16.9 Å². The Labute approximate surface area is 114 Å². The molecule has 0 saturated heterocycles. The van der Waals surface area contributed by atoms with Gasteiger partial charge >= 0.3 is 6.18 Å². The van der Waals surface area contributed by atoms with Gasteiger partial charge in [0.15, 0.2) is 5.17 Å². The standard InChI is InChI=1S/C13H15F3N2S/c14-13(15,16)7-4-8-17-12-18-9-11(19-12)10-5-2-1-3-6-10/h1-3,5-6,11H,4,7-9H2,(H,17,18). The topological polar surface area (TPSA) is 24.4 Å². The third-order valence-corrected chi connectivity index (χ3v) is 3.94. The first-order valence-corrected chi connectivity index (χ1v) is 6.99. The van der Waals surface area contributed by atoms with Gasteiger partial charge in [0.05, 0.1) is 11.8 Å². The number of thioether (sulfide) groups is 1. The van der Waals surface area contributed by atoms with Gasteiger partial charge in [-0.3, -0.25) is 4.99 Å². The summed E-state index contributed by atoms with van der Waals surface area (Å²) in [5, 5.41) is 3.98. The molecule has 0 radical (unpaired) electrons. The molecule has 0 amide bonds. The molecule has 1 aromatic rings. The molecule has 1 N–H and O–H groups in total. The van der Waals surface area contributed by atoms with Crippen molar-refractivity contribution in [2.24, 2.45) is 4.99 Å². The second-order valence-electron chi connectivity index (χ2n) is 4.31. The lowest BCUT2D eigenvalue weighted by molar-refractivity contribution is -0.135. The number of alkyl halides is 3. The number of aliphatic imine (C=N–C) groups is 1. The molecular formula is C13H15F3N2S. The van der Waals surface area contributed by atoms with Crippen molar-refractivity contribution in [2.75, 3.05) is 13.1 Å². The van der Waals surface area contributed by atoms with Crippen LogP contribution in [0.25, 0.3) is 0 Å². The van der Waals surface area contributed by atoms with Crippen LogP contribution in [0.4, 0.5) is 13.2 Å². The summed E-state index contributed by atoms with van der Waals surface area (Å²) >= 11 is 1.58. The van der Waals surface area contributed by atoms with Crippen LogP contribution in [-0.2, 0) is 0 Å². The zero-order chi connectivity index (χ0) is 13.7. The Hall–Kier alpha value is -1.17. The molecule has 0 saturated carbocycles. The van der Waals surface area contributed by atoms with E-state index in [1.807, 2.05) is 30.3 Å². The molecule has 1 aromatic carbocycles. The molecule has 19 heavy (non-hydrogen) atoms. The SMILES string of the molecule is FC(F)(F)CCCNC1=NCC(c2ccccc2)S1. The van der Waals surface area contributed by atoms with E-state index in [9.17, 15) is 13.2 Å². The van der Waals surface area contributed by atoms with Crippen molar-refractivity contribution in [3.8, 4) is 0 Å². The highest BCUT2D eigenvalue weighted by Crippen LogP contribution is 2.34. The number of nitrogens with one attached hydrogen (secondary N) is 1. The zero-order valence-electron chi connectivity index (χ0n) is 10.3. The molecular weight excluding hydrogens is 273 g/mol. The Morgan fingerprint density at radius 2 is 2.00 bits per heavy atom. The number of amidine groups is 1. The number of hydrogen-bond donors (Lipinski definition) is 1. The van der Waals surface area contributed by atoms with E-state index in [2.05, 4.69) is 10.3 Å². The maximum Gasteiger partial charge on any atom is 0.389 e. The average molecular weight is 288 g/mol. The van der Waals surface area contributed by atoms with Gasteiger partial charge in [-0.05, 0) is 12.0 Å². The molecule has 2 rings (SSSR count). The van der Waals surface area contributed by atoms with Crippen molar-refractivity contribution in [2.45, 2.75) is 24.3 Å². The summed E-state index contributed by atoms with van der Waals surface area (Å²) in [6.07, 6.45) is -4.74. The minimum atomic E-state index is -4.07. The van der Waals surface area contributed by atoms with Crippen LogP contribution in [-0.4, -0.2) is 24.4 Å². The third kappa shape index (κ3) is 4.78. The maximum atomic E-state index is 12.0. The summed E-state index contributed by atoms with van der Waals surface area (Å²) in [5.74, 6) is 0. The van der Waals surface area contributed by atoms with Gasteiger partial charge in [-0.25, -0.2) is 0 Å². The largest absolute Gasteiger partial charge is 0.389 e. The molecule has 0 aromatic heterocycles. The molecule has 0 spiro atoms. The van der Waals surface area contributed by atoms with E-state index in [4.69, 9.17) is 0 Å². The van der Waals surface area contributed by atoms with E-state index < -0.39 is 12.6 Å². The molecule has 1 atom stereocenters. The van der Waals surface area contributed by atoms with E-state index >= 15 is 0 Å². The number of benzene rings is 1. The van der Waals surface area contributed by atoms with Crippen molar-refractivity contribution in [1.29, 1.82) is 0 Å². The van der Waals surface area contributed by atoms with E-state index in [-0.39, 0.29) is 11.7 Å². The van der Waals surface area contributed by atoms with Crippen LogP contribution in [0, 0.1) is 0 Å². The van der Waals surface area contributed by atoms with Crippen LogP contribution in [0.2, 0.25) is 0 Å². The molecule has 104 valence electrons.